The summed E-state index contributed by atoms with van der Waals surface area (Å²) in [5, 5.41) is 6.29. The highest BCUT2D eigenvalue weighted by atomic mass is 32.2. The maximum atomic E-state index is 11.9. The zero-order valence-electron chi connectivity index (χ0n) is 10.4. The van der Waals surface area contributed by atoms with E-state index in [-0.39, 0.29) is 23.2 Å². The first kappa shape index (κ1) is 12.9. The van der Waals surface area contributed by atoms with Crippen LogP contribution in [0, 0.1) is 0 Å². The highest BCUT2D eigenvalue weighted by Crippen LogP contribution is 2.20. The lowest BCUT2D eigenvalue weighted by Crippen LogP contribution is -2.35. The molecule has 1 aliphatic heterocycles. The van der Waals surface area contributed by atoms with Gasteiger partial charge in [0.15, 0.2) is 21.3 Å². The molecular weight excluding hydrogens is 284 g/mol. The number of rotatable bonds is 3. The van der Waals surface area contributed by atoms with Crippen molar-refractivity contribution < 1.29 is 22.2 Å². The van der Waals surface area contributed by atoms with Gasteiger partial charge in [-0.2, -0.15) is 0 Å². The Hall–Kier alpha value is -2.09. The number of nitrogens with zero attached hydrogens (tertiary/aromatic N) is 1. The minimum absolute atomic E-state index is 0.0262. The molecule has 20 heavy (non-hydrogen) atoms. The average molecular weight is 296 g/mol. The second-order valence-electron chi connectivity index (χ2n) is 4.63. The monoisotopic (exact) mass is 296 g/mol. The second-order valence-corrected chi connectivity index (χ2v) is 6.86. The molecule has 1 saturated heterocycles. The smallest absolute Gasteiger partial charge is 0.273 e. The van der Waals surface area contributed by atoms with E-state index in [2.05, 4.69) is 10.5 Å². The minimum Gasteiger partial charge on any atom is -0.461 e. The van der Waals surface area contributed by atoms with E-state index in [9.17, 15) is 13.2 Å². The third-order valence-corrected chi connectivity index (χ3v) is 4.84. The summed E-state index contributed by atoms with van der Waals surface area (Å²) in [6.45, 7) is 0. The number of hydrogen-bond acceptors (Lipinski definition) is 6. The van der Waals surface area contributed by atoms with Gasteiger partial charge in [0.1, 0.15) is 0 Å². The summed E-state index contributed by atoms with van der Waals surface area (Å²) in [7, 11) is -3.03. The van der Waals surface area contributed by atoms with Gasteiger partial charge in [-0.3, -0.25) is 4.79 Å². The van der Waals surface area contributed by atoms with E-state index in [1.165, 1.54) is 12.3 Å². The molecular formula is C12H12N2O5S. The molecule has 0 unspecified atom stereocenters. The van der Waals surface area contributed by atoms with Crippen LogP contribution in [-0.2, 0) is 9.84 Å². The molecule has 3 heterocycles. The lowest BCUT2D eigenvalue weighted by Gasteiger charge is -2.08. The summed E-state index contributed by atoms with van der Waals surface area (Å²) in [4.78, 5) is 11.9. The average Bonchev–Trinajstić information content (AvgIpc) is 3.08. The molecule has 8 heteroatoms. The predicted molar refractivity (Wildman–Crippen MR) is 68.7 cm³/mol. The van der Waals surface area contributed by atoms with Gasteiger partial charge < -0.3 is 14.3 Å². The number of aromatic nitrogens is 1. The van der Waals surface area contributed by atoms with Crippen LogP contribution in [0.4, 0.5) is 0 Å². The summed E-state index contributed by atoms with van der Waals surface area (Å²) < 4.78 is 32.8. The Kier molecular flexibility index (Phi) is 3.09. The van der Waals surface area contributed by atoms with E-state index < -0.39 is 15.7 Å². The fraction of sp³-hybridized carbons (Fsp3) is 0.333. The largest absolute Gasteiger partial charge is 0.461 e. The Morgan fingerprint density at radius 3 is 2.90 bits per heavy atom. The van der Waals surface area contributed by atoms with Gasteiger partial charge in [0.25, 0.3) is 5.91 Å². The van der Waals surface area contributed by atoms with Crippen molar-refractivity contribution in [3.8, 4) is 11.5 Å². The molecule has 0 spiro atoms. The van der Waals surface area contributed by atoms with Gasteiger partial charge in [0, 0.05) is 12.1 Å². The normalized spacial score (nSPS) is 20.9. The summed E-state index contributed by atoms with van der Waals surface area (Å²) >= 11 is 0. The molecule has 1 atom stereocenters. The maximum absolute atomic E-state index is 11.9. The first-order valence-electron chi connectivity index (χ1n) is 6.05. The molecule has 2 aromatic heterocycles. The second kappa shape index (κ2) is 4.78. The van der Waals surface area contributed by atoms with Gasteiger partial charge in [-0.05, 0) is 18.6 Å². The number of amides is 1. The number of furan rings is 1. The fourth-order valence-corrected chi connectivity index (χ4v) is 3.76. The number of nitrogens with one attached hydrogen (secondary N) is 1. The van der Waals surface area contributed by atoms with E-state index in [1.54, 1.807) is 12.1 Å². The van der Waals surface area contributed by atoms with Crippen molar-refractivity contribution in [2.75, 3.05) is 11.5 Å². The Labute approximate surface area is 114 Å². The van der Waals surface area contributed by atoms with Crippen molar-refractivity contribution in [3.05, 3.63) is 30.2 Å². The summed E-state index contributed by atoms with van der Waals surface area (Å²) in [6.07, 6.45) is 1.91. The Morgan fingerprint density at radius 1 is 1.40 bits per heavy atom. The van der Waals surface area contributed by atoms with E-state index in [4.69, 9.17) is 8.94 Å². The van der Waals surface area contributed by atoms with Crippen LogP contribution < -0.4 is 5.32 Å². The third-order valence-electron chi connectivity index (χ3n) is 3.07. The van der Waals surface area contributed by atoms with E-state index >= 15 is 0 Å². The predicted octanol–water partition coefficient (Wildman–Crippen LogP) is 0.851. The van der Waals surface area contributed by atoms with Crippen molar-refractivity contribution in [1.82, 2.24) is 10.5 Å². The van der Waals surface area contributed by atoms with Gasteiger partial charge in [-0.25, -0.2) is 8.42 Å². The zero-order chi connectivity index (χ0) is 14.2. The van der Waals surface area contributed by atoms with Crippen molar-refractivity contribution in [3.63, 3.8) is 0 Å². The first-order chi connectivity index (χ1) is 9.53. The van der Waals surface area contributed by atoms with Crippen molar-refractivity contribution in [2.24, 2.45) is 0 Å². The van der Waals surface area contributed by atoms with Crippen LogP contribution in [0.5, 0.6) is 0 Å². The number of carbonyl (C=O) groups is 1. The summed E-state index contributed by atoms with van der Waals surface area (Å²) in [6, 6.07) is 4.47. The zero-order valence-corrected chi connectivity index (χ0v) is 11.2. The van der Waals surface area contributed by atoms with Crippen LogP contribution >= 0.6 is 0 Å². The van der Waals surface area contributed by atoms with Gasteiger partial charge >= 0.3 is 0 Å². The minimum atomic E-state index is -3.03. The first-order valence-corrected chi connectivity index (χ1v) is 7.87. The molecule has 1 aliphatic rings. The maximum Gasteiger partial charge on any atom is 0.273 e. The molecule has 2 aromatic rings. The van der Waals surface area contributed by atoms with E-state index in [0.717, 1.165) is 0 Å². The van der Waals surface area contributed by atoms with Crippen molar-refractivity contribution in [1.29, 1.82) is 0 Å². The molecule has 1 amide bonds. The molecule has 0 bridgehead atoms. The Balaban J connectivity index is 1.69. The van der Waals surface area contributed by atoms with Gasteiger partial charge in [0.05, 0.1) is 17.8 Å². The summed E-state index contributed by atoms with van der Waals surface area (Å²) in [5.74, 6) is 0.448. The Morgan fingerprint density at radius 2 is 2.25 bits per heavy atom. The topological polar surface area (TPSA) is 102 Å². The van der Waals surface area contributed by atoms with Crippen LogP contribution in [0.2, 0.25) is 0 Å². The quantitative estimate of drug-likeness (QED) is 0.900. The SMILES string of the molecule is O=C(N[C@@H]1CCS(=O)(=O)C1)c1cc(-c2ccco2)on1. The molecule has 106 valence electrons. The van der Waals surface area contributed by atoms with E-state index in [1.807, 2.05) is 0 Å². The standard InChI is InChI=1S/C12H12N2O5S/c15-12(13-8-3-5-20(16,17)7-8)9-6-11(19-14-9)10-2-1-4-18-10/h1-2,4,6,8H,3,5,7H2,(H,13,15)/t8-/m1/s1. The molecule has 3 rings (SSSR count). The highest BCUT2D eigenvalue weighted by Gasteiger charge is 2.29. The number of hydrogen-bond donors (Lipinski definition) is 1. The van der Waals surface area contributed by atoms with Gasteiger partial charge in [-0.1, -0.05) is 5.16 Å². The molecule has 0 aromatic carbocycles. The van der Waals surface area contributed by atoms with Gasteiger partial charge in [-0.15, -0.1) is 0 Å². The van der Waals surface area contributed by atoms with E-state index in [0.29, 0.717) is 17.9 Å². The van der Waals surface area contributed by atoms with Crippen LogP contribution in [0.15, 0.2) is 33.4 Å². The fourth-order valence-electron chi connectivity index (χ4n) is 2.09. The lowest BCUT2D eigenvalue weighted by molar-refractivity contribution is 0.0932. The van der Waals surface area contributed by atoms with Crippen molar-refractivity contribution >= 4 is 15.7 Å². The molecule has 0 radical (unpaired) electrons. The van der Waals surface area contributed by atoms with Crippen LogP contribution in [0.1, 0.15) is 16.9 Å². The van der Waals surface area contributed by atoms with Crippen LogP contribution in [-0.4, -0.2) is 37.0 Å². The molecule has 7 nitrogen and oxygen atoms in total. The molecule has 0 saturated carbocycles. The van der Waals surface area contributed by atoms with Crippen LogP contribution in [0.25, 0.3) is 11.5 Å². The van der Waals surface area contributed by atoms with Crippen molar-refractivity contribution in [2.45, 2.75) is 12.5 Å². The van der Waals surface area contributed by atoms with Crippen LogP contribution in [0.3, 0.4) is 0 Å². The molecule has 0 aliphatic carbocycles. The molecule has 1 N–H and O–H groups in total. The third kappa shape index (κ3) is 2.60. The van der Waals surface area contributed by atoms with Gasteiger partial charge in [0.2, 0.25) is 5.76 Å². The summed E-state index contributed by atoms with van der Waals surface area (Å²) in [5.41, 5.74) is 0.0979. The lowest BCUT2D eigenvalue weighted by atomic mass is 10.2. The number of carbonyl (C=O) groups excluding carboxylic acids is 1. The molecule has 1 fully saturated rings. The highest BCUT2D eigenvalue weighted by molar-refractivity contribution is 7.91. The Bertz CT molecular complexity index is 717. The number of sulfone groups is 1.